The zero-order valence-electron chi connectivity index (χ0n) is 19.9. The number of nitrogens with zero attached hydrogens (tertiary/aromatic N) is 1. The molecular formula is C24H30Cl2N2O9. The van der Waals surface area contributed by atoms with E-state index in [0.717, 1.165) is 50.0 Å². The van der Waals surface area contributed by atoms with Crippen LogP contribution in [0.1, 0.15) is 24.8 Å². The molecule has 1 saturated carbocycles. The van der Waals surface area contributed by atoms with Gasteiger partial charge in [-0.05, 0) is 50.3 Å². The maximum atomic E-state index is 9.55. The molecule has 1 heterocycles. The van der Waals surface area contributed by atoms with Crippen molar-refractivity contribution in [3.63, 3.8) is 0 Å². The van der Waals surface area contributed by atoms with Gasteiger partial charge in [-0.1, -0.05) is 23.2 Å². The molecule has 204 valence electrons. The van der Waals surface area contributed by atoms with Gasteiger partial charge in [0.05, 0.1) is 16.7 Å². The van der Waals surface area contributed by atoms with Gasteiger partial charge in [-0.25, -0.2) is 19.2 Å². The van der Waals surface area contributed by atoms with Crippen LogP contribution in [-0.2, 0) is 25.7 Å². The molecule has 1 aliphatic heterocycles. The van der Waals surface area contributed by atoms with Gasteiger partial charge in [0.15, 0.2) is 0 Å². The largest absolute Gasteiger partial charge is 0.493 e. The van der Waals surface area contributed by atoms with Crippen molar-refractivity contribution in [3.8, 4) is 5.75 Å². The fourth-order valence-corrected chi connectivity index (χ4v) is 3.43. The van der Waals surface area contributed by atoms with Gasteiger partial charge in [0.1, 0.15) is 5.75 Å². The molecule has 2 aliphatic rings. The van der Waals surface area contributed by atoms with Gasteiger partial charge in [-0.2, -0.15) is 0 Å². The predicted molar refractivity (Wildman–Crippen MR) is 136 cm³/mol. The number of ether oxygens (including phenoxy) is 1. The summed E-state index contributed by atoms with van der Waals surface area (Å²) in [6.45, 7) is 4.55. The lowest BCUT2D eigenvalue weighted by Gasteiger charge is -2.19. The van der Waals surface area contributed by atoms with Crippen molar-refractivity contribution in [1.29, 1.82) is 0 Å². The zero-order chi connectivity index (χ0) is 28.0. The second-order valence-electron chi connectivity index (χ2n) is 8.27. The summed E-state index contributed by atoms with van der Waals surface area (Å²) >= 11 is 12.3. The van der Waals surface area contributed by atoms with E-state index in [2.05, 4.69) is 4.90 Å². The third-order valence-electron chi connectivity index (χ3n) is 5.11. The fraction of sp³-hybridized carbons (Fsp3) is 0.417. The number of aliphatic carboxylic acids is 4. The number of carbonyl (C=O) groups is 4. The van der Waals surface area contributed by atoms with E-state index < -0.39 is 23.9 Å². The predicted octanol–water partition coefficient (Wildman–Crippen LogP) is 2.99. The molecule has 0 aromatic heterocycles. The number of hydrogen-bond donors (Lipinski definition) is 5. The van der Waals surface area contributed by atoms with E-state index in [-0.39, 0.29) is 0 Å². The second-order valence-corrected chi connectivity index (χ2v) is 9.09. The quantitative estimate of drug-likeness (QED) is 0.264. The molecule has 2 fully saturated rings. The number of carboxylic acids is 4. The molecule has 0 spiro atoms. The molecule has 1 atom stereocenters. The molecular weight excluding hydrogens is 531 g/mol. The Kier molecular flexibility index (Phi) is 14.3. The summed E-state index contributed by atoms with van der Waals surface area (Å²) in [6.07, 6.45) is 5.97. The Balaban J connectivity index is 0.000000355. The highest BCUT2D eigenvalue weighted by atomic mass is 35.5. The number of carboxylic acid groups (broad SMARTS) is 4. The Morgan fingerprint density at radius 2 is 1.35 bits per heavy atom. The lowest BCUT2D eigenvalue weighted by Crippen LogP contribution is -2.23. The summed E-state index contributed by atoms with van der Waals surface area (Å²) in [5, 5.41) is 32.4. The van der Waals surface area contributed by atoms with Gasteiger partial charge >= 0.3 is 23.9 Å². The van der Waals surface area contributed by atoms with Crippen LogP contribution in [0.25, 0.3) is 0 Å². The molecule has 0 amide bonds. The Morgan fingerprint density at radius 1 is 0.865 bits per heavy atom. The minimum Gasteiger partial charge on any atom is -0.493 e. The third kappa shape index (κ3) is 14.9. The molecule has 1 aromatic carbocycles. The van der Waals surface area contributed by atoms with Crippen LogP contribution in [0.4, 0.5) is 0 Å². The number of hydrogen-bond acceptors (Lipinski definition) is 7. The standard InChI is InChI=1S/C16H22Cl2N2O.2C4H4O4/c17-14-5-13(9-20-4-3-12(7-19)8-20)16(6-15(14)18)21-10-11-1-2-11;2*5-3(6)1-2-4(7)8/h5-6,11-12H,1-4,7-10,19H2;2*1-2H,(H,5,6)(H,7,8)/b;2*2-1+/t12-;;/m0../s1. The first-order valence-corrected chi connectivity index (χ1v) is 12.0. The SMILES string of the molecule is NC[C@@H]1CCN(Cc2cc(Cl)c(Cl)cc2OCC2CC2)C1.O=C(O)/C=C/C(=O)O.O=C(O)/C=C/C(=O)O. The number of likely N-dealkylation sites (tertiary alicyclic amines) is 1. The number of rotatable bonds is 10. The molecule has 3 rings (SSSR count). The average molecular weight is 561 g/mol. The summed E-state index contributed by atoms with van der Waals surface area (Å²) < 4.78 is 5.97. The van der Waals surface area contributed by atoms with E-state index in [4.69, 9.17) is 54.1 Å². The van der Waals surface area contributed by atoms with Crippen molar-refractivity contribution in [2.24, 2.45) is 17.6 Å². The van der Waals surface area contributed by atoms with Crippen LogP contribution >= 0.6 is 23.2 Å². The van der Waals surface area contributed by atoms with Gasteiger partial charge in [0.2, 0.25) is 0 Å². The van der Waals surface area contributed by atoms with Crippen LogP contribution < -0.4 is 10.5 Å². The van der Waals surface area contributed by atoms with Crippen molar-refractivity contribution >= 4 is 47.1 Å². The van der Waals surface area contributed by atoms with Crippen LogP contribution in [0.3, 0.4) is 0 Å². The average Bonchev–Trinajstić information content (AvgIpc) is 3.55. The molecule has 0 bridgehead atoms. The maximum Gasteiger partial charge on any atom is 0.328 e. The lowest BCUT2D eigenvalue weighted by molar-refractivity contribution is -0.134. The summed E-state index contributed by atoms with van der Waals surface area (Å²) in [6, 6.07) is 3.81. The van der Waals surface area contributed by atoms with E-state index in [1.165, 1.54) is 19.3 Å². The molecule has 0 radical (unpaired) electrons. The molecule has 1 aromatic rings. The van der Waals surface area contributed by atoms with Gasteiger partial charge in [-0.3, -0.25) is 4.90 Å². The minimum atomic E-state index is -1.26. The summed E-state index contributed by atoms with van der Waals surface area (Å²) in [5.41, 5.74) is 6.89. The highest BCUT2D eigenvalue weighted by Crippen LogP contribution is 2.35. The third-order valence-corrected chi connectivity index (χ3v) is 5.83. The second kappa shape index (κ2) is 16.6. The summed E-state index contributed by atoms with van der Waals surface area (Å²) in [5.74, 6) is -2.81. The van der Waals surface area contributed by atoms with E-state index in [0.29, 0.717) is 40.3 Å². The Labute approximate surface area is 223 Å². The van der Waals surface area contributed by atoms with E-state index in [1.54, 1.807) is 0 Å². The van der Waals surface area contributed by atoms with Crippen LogP contribution in [0.5, 0.6) is 5.75 Å². The number of halogens is 2. The maximum absolute atomic E-state index is 9.55. The molecule has 6 N–H and O–H groups in total. The van der Waals surface area contributed by atoms with Crippen LogP contribution in [-0.4, -0.2) is 75.4 Å². The number of nitrogens with two attached hydrogens (primary N) is 1. The molecule has 0 unspecified atom stereocenters. The first kappa shape index (κ1) is 31.9. The number of benzene rings is 1. The minimum absolute atomic E-state index is 0.558. The van der Waals surface area contributed by atoms with E-state index in [9.17, 15) is 19.2 Å². The van der Waals surface area contributed by atoms with Gasteiger partial charge in [-0.15, -0.1) is 0 Å². The van der Waals surface area contributed by atoms with Crippen molar-refractivity contribution < 1.29 is 44.3 Å². The van der Waals surface area contributed by atoms with Gasteiger partial charge in [0, 0.05) is 49.0 Å². The first-order chi connectivity index (χ1) is 17.4. The Bertz CT molecular complexity index is 944. The molecule has 1 aliphatic carbocycles. The molecule has 37 heavy (non-hydrogen) atoms. The van der Waals surface area contributed by atoms with Crippen molar-refractivity contribution in [2.75, 3.05) is 26.2 Å². The molecule has 1 saturated heterocycles. The zero-order valence-corrected chi connectivity index (χ0v) is 21.4. The summed E-state index contributed by atoms with van der Waals surface area (Å²) in [4.78, 5) is 40.6. The monoisotopic (exact) mass is 560 g/mol. The van der Waals surface area contributed by atoms with Crippen LogP contribution in [0, 0.1) is 11.8 Å². The lowest BCUT2D eigenvalue weighted by atomic mass is 10.1. The van der Waals surface area contributed by atoms with Gasteiger partial charge < -0.3 is 30.9 Å². The highest BCUT2D eigenvalue weighted by molar-refractivity contribution is 6.42. The molecule has 13 heteroatoms. The highest BCUT2D eigenvalue weighted by Gasteiger charge is 2.25. The smallest absolute Gasteiger partial charge is 0.328 e. The topological polar surface area (TPSA) is 188 Å². The van der Waals surface area contributed by atoms with Crippen molar-refractivity contribution in [1.82, 2.24) is 4.90 Å². The Hall–Kier alpha value is -3.12. The first-order valence-electron chi connectivity index (χ1n) is 11.2. The van der Waals surface area contributed by atoms with Gasteiger partial charge in [0.25, 0.3) is 0 Å². The Morgan fingerprint density at radius 3 is 1.76 bits per heavy atom. The van der Waals surface area contributed by atoms with E-state index in [1.807, 2.05) is 12.1 Å². The van der Waals surface area contributed by atoms with E-state index >= 15 is 0 Å². The summed E-state index contributed by atoms with van der Waals surface area (Å²) in [7, 11) is 0. The fourth-order valence-electron chi connectivity index (χ4n) is 3.09. The van der Waals surface area contributed by atoms with Crippen molar-refractivity contribution in [2.45, 2.75) is 25.8 Å². The van der Waals surface area contributed by atoms with Crippen LogP contribution in [0.2, 0.25) is 10.0 Å². The normalized spacial score (nSPS) is 17.0. The van der Waals surface area contributed by atoms with Crippen molar-refractivity contribution in [3.05, 3.63) is 52.0 Å². The van der Waals surface area contributed by atoms with Crippen LogP contribution in [0.15, 0.2) is 36.4 Å². The molecule has 11 nitrogen and oxygen atoms in total.